The average molecular weight is 487 g/mol. The Kier molecular flexibility index (Phi) is 5.00. The van der Waals surface area contributed by atoms with Crippen molar-refractivity contribution in [3.8, 4) is 0 Å². The number of para-hydroxylation sites is 1. The lowest BCUT2D eigenvalue weighted by molar-refractivity contribution is -0.129. The molecule has 1 unspecified atom stereocenters. The maximum atomic E-state index is 13.5. The maximum absolute atomic E-state index is 13.5. The molecule has 35 heavy (non-hydrogen) atoms. The first-order valence-corrected chi connectivity index (χ1v) is 11.5. The number of carbonyl (C=O) groups is 2. The van der Waals surface area contributed by atoms with E-state index >= 15 is 0 Å². The van der Waals surface area contributed by atoms with Gasteiger partial charge >= 0.3 is 0 Å². The Hall–Kier alpha value is -4.23. The second kappa shape index (κ2) is 8.21. The number of Topliss-reactive ketones (excluding diaryl/α,β-unsaturated/α-hetero) is 1. The smallest absolute Gasteiger partial charge is 0.290 e. The number of aliphatic hydroxyl groups excluding tert-OH is 1. The summed E-state index contributed by atoms with van der Waals surface area (Å²) in [5, 5.41) is 13.0. The van der Waals surface area contributed by atoms with Crippen LogP contribution in [-0.2, 0) is 11.2 Å². The fourth-order valence-electron chi connectivity index (χ4n) is 4.70. The Morgan fingerprint density at radius 3 is 2.80 bits per heavy atom. The molecule has 0 aliphatic carbocycles. The fraction of sp³-hybridized carbons (Fsp3) is 0.111. The van der Waals surface area contributed by atoms with E-state index < -0.39 is 23.5 Å². The zero-order chi connectivity index (χ0) is 24.1. The topological polar surface area (TPSA) is 99.7 Å². The van der Waals surface area contributed by atoms with Crippen molar-refractivity contribution in [2.24, 2.45) is 0 Å². The van der Waals surface area contributed by atoms with E-state index in [1.165, 1.54) is 11.2 Å². The predicted molar refractivity (Wildman–Crippen MR) is 130 cm³/mol. The van der Waals surface area contributed by atoms with E-state index in [0.717, 1.165) is 16.5 Å². The Bertz CT molecular complexity index is 1630. The molecule has 2 N–H and O–H groups in total. The Morgan fingerprint density at radius 2 is 1.97 bits per heavy atom. The number of ketones is 1. The average Bonchev–Trinajstić information content (AvgIpc) is 3.64. The number of rotatable bonds is 6. The molecule has 6 rings (SSSR count). The number of nitrogens with zero attached hydrogens (tertiary/aromatic N) is 1. The summed E-state index contributed by atoms with van der Waals surface area (Å²) in [5.41, 5.74) is 2.43. The Balaban J connectivity index is 1.35. The third-order valence-corrected chi connectivity index (χ3v) is 6.60. The molecule has 0 saturated carbocycles. The van der Waals surface area contributed by atoms with Crippen LogP contribution in [0.5, 0.6) is 0 Å². The highest BCUT2D eigenvalue weighted by Gasteiger charge is 2.45. The predicted octanol–water partition coefficient (Wildman–Crippen LogP) is 5.98. The van der Waals surface area contributed by atoms with E-state index in [9.17, 15) is 14.7 Å². The quantitative estimate of drug-likeness (QED) is 0.287. The van der Waals surface area contributed by atoms with Gasteiger partial charge in [0.15, 0.2) is 11.5 Å². The normalized spacial score (nSPS) is 16.2. The molecular weight excluding hydrogens is 468 g/mol. The van der Waals surface area contributed by atoms with Crippen LogP contribution in [-0.4, -0.2) is 33.2 Å². The van der Waals surface area contributed by atoms with Gasteiger partial charge in [0.2, 0.25) is 5.78 Å². The number of H-pyrrole nitrogens is 1. The summed E-state index contributed by atoms with van der Waals surface area (Å²) < 4.78 is 11.3. The van der Waals surface area contributed by atoms with Gasteiger partial charge in [0.1, 0.15) is 17.4 Å². The van der Waals surface area contributed by atoms with Crippen molar-refractivity contribution in [2.45, 2.75) is 12.5 Å². The van der Waals surface area contributed by atoms with Gasteiger partial charge in [-0.05, 0) is 54.4 Å². The lowest BCUT2D eigenvalue weighted by Gasteiger charge is -2.24. The van der Waals surface area contributed by atoms with E-state index in [4.69, 9.17) is 20.4 Å². The van der Waals surface area contributed by atoms with Gasteiger partial charge in [0, 0.05) is 34.1 Å². The van der Waals surface area contributed by atoms with Crippen LogP contribution in [0, 0.1) is 0 Å². The second-order valence-corrected chi connectivity index (χ2v) is 8.85. The standard InChI is InChI=1S/C27H19ClN2O5/c28-17-7-8-20-16(12-17)13-22(35-20)25(31)23-24(21-6-3-11-34-21)30(27(33)26(23)32)10-9-15-14-29-19-5-2-1-4-18(15)19/h1-8,11-14,24,29,32H,9-10H2. The third-order valence-electron chi connectivity index (χ3n) is 6.36. The molecule has 3 aromatic heterocycles. The minimum absolute atomic E-state index is 0.00616. The number of aromatic nitrogens is 1. The lowest BCUT2D eigenvalue weighted by atomic mass is 9.99. The van der Waals surface area contributed by atoms with Crippen molar-refractivity contribution in [3.05, 3.63) is 107 Å². The summed E-state index contributed by atoms with van der Waals surface area (Å²) in [6.45, 7) is 0.266. The Labute approximate surface area is 204 Å². The van der Waals surface area contributed by atoms with Crippen molar-refractivity contribution in [1.82, 2.24) is 9.88 Å². The molecule has 8 heteroatoms. The van der Waals surface area contributed by atoms with Crippen LogP contribution in [0.1, 0.15) is 27.9 Å². The van der Waals surface area contributed by atoms with Crippen LogP contribution >= 0.6 is 11.6 Å². The maximum Gasteiger partial charge on any atom is 0.290 e. The number of carbonyl (C=O) groups excluding carboxylic acids is 2. The molecule has 7 nitrogen and oxygen atoms in total. The highest BCUT2D eigenvalue weighted by Crippen LogP contribution is 2.40. The number of amides is 1. The van der Waals surface area contributed by atoms with Crippen molar-refractivity contribution in [1.29, 1.82) is 0 Å². The van der Waals surface area contributed by atoms with E-state index in [-0.39, 0.29) is 17.9 Å². The number of benzene rings is 2. The fourth-order valence-corrected chi connectivity index (χ4v) is 4.88. The molecule has 4 heterocycles. The van der Waals surface area contributed by atoms with Crippen LogP contribution in [0.2, 0.25) is 5.02 Å². The third kappa shape index (κ3) is 3.52. The first-order valence-electron chi connectivity index (χ1n) is 11.1. The highest BCUT2D eigenvalue weighted by molar-refractivity contribution is 6.31. The number of nitrogens with one attached hydrogen (secondary N) is 1. The van der Waals surface area contributed by atoms with Gasteiger partial charge < -0.3 is 23.8 Å². The van der Waals surface area contributed by atoms with Gasteiger partial charge in [-0.3, -0.25) is 9.59 Å². The van der Waals surface area contributed by atoms with Crippen molar-refractivity contribution in [2.75, 3.05) is 6.54 Å². The van der Waals surface area contributed by atoms with Crippen molar-refractivity contribution in [3.63, 3.8) is 0 Å². The SMILES string of the molecule is O=C(C1=C(O)C(=O)N(CCc2c[nH]c3ccccc23)C1c1ccco1)c1cc2cc(Cl)ccc2o1. The molecule has 0 spiro atoms. The minimum atomic E-state index is -0.882. The zero-order valence-corrected chi connectivity index (χ0v) is 19.1. The summed E-state index contributed by atoms with van der Waals surface area (Å²) in [5.74, 6) is -1.43. The number of furan rings is 2. The number of aromatic amines is 1. The van der Waals surface area contributed by atoms with E-state index in [2.05, 4.69) is 4.98 Å². The van der Waals surface area contributed by atoms with Crippen LogP contribution < -0.4 is 0 Å². The number of hydrogen-bond donors (Lipinski definition) is 2. The number of halogens is 1. The molecule has 2 aromatic carbocycles. The minimum Gasteiger partial charge on any atom is -0.503 e. The molecule has 1 amide bonds. The van der Waals surface area contributed by atoms with Gasteiger partial charge in [0.05, 0.1) is 11.8 Å². The van der Waals surface area contributed by atoms with Crippen molar-refractivity contribution < 1.29 is 23.5 Å². The molecule has 0 saturated heterocycles. The van der Waals surface area contributed by atoms with Crippen LogP contribution in [0.3, 0.4) is 0 Å². The molecule has 1 aliphatic rings. The summed E-state index contributed by atoms with van der Waals surface area (Å²) in [4.78, 5) is 31.4. The largest absolute Gasteiger partial charge is 0.503 e. The van der Waals surface area contributed by atoms with Gasteiger partial charge in [-0.15, -0.1) is 0 Å². The summed E-state index contributed by atoms with van der Waals surface area (Å²) >= 11 is 6.06. The van der Waals surface area contributed by atoms with Gasteiger partial charge in [-0.25, -0.2) is 0 Å². The summed E-state index contributed by atoms with van der Waals surface area (Å²) in [7, 11) is 0. The van der Waals surface area contributed by atoms with Crippen LogP contribution in [0.25, 0.3) is 21.9 Å². The lowest BCUT2D eigenvalue weighted by Crippen LogP contribution is -2.32. The first kappa shape index (κ1) is 21.3. The molecule has 0 radical (unpaired) electrons. The molecule has 0 bridgehead atoms. The monoisotopic (exact) mass is 486 g/mol. The van der Waals surface area contributed by atoms with Gasteiger partial charge in [-0.1, -0.05) is 29.8 Å². The zero-order valence-electron chi connectivity index (χ0n) is 18.3. The molecule has 174 valence electrons. The summed E-state index contributed by atoms with van der Waals surface area (Å²) in [6, 6.07) is 16.9. The first-order chi connectivity index (χ1) is 17.0. The molecule has 1 aliphatic heterocycles. The van der Waals surface area contributed by atoms with E-state index in [1.54, 1.807) is 36.4 Å². The highest BCUT2D eigenvalue weighted by atomic mass is 35.5. The van der Waals surface area contributed by atoms with E-state index in [1.807, 2.05) is 30.5 Å². The van der Waals surface area contributed by atoms with Gasteiger partial charge in [0.25, 0.3) is 5.91 Å². The number of fused-ring (bicyclic) bond motifs is 2. The number of aliphatic hydroxyl groups is 1. The molecule has 5 aromatic rings. The Morgan fingerprint density at radius 1 is 1.11 bits per heavy atom. The molecule has 0 fully saturated rings. The van der Waals surface area contributed by atoms with Crippen LogP contribution in [0.4, 0.5) is 0 Å². The van der Waals surface area contributed by atoms with Crippen LogP contribution in [0.15, 0.2) is 93.3 Å². The summed E-state index contributed by atoms with van der Waals surface area (Å²) in [6.07, 6.45) is 3.90. The number of hydrogen-bond acceptors (Lipinski definition) is 5. The van der Waals surface area contributed by atoms with Crippen molar-refractivity contribution >= 4 is 45.2 Å². The molecule has 1 atom stereocenters. The molecular formula is C27H19ClN2O5. The second-order valence-electron chi connectivity index (χ2n) is 8.41. The van der Waals surface area contributed by atoms with E-state index in [0.29, 0.717) is 28.2 Å². The van der Waals surface area contributed by atoms with Gasteiger partial charge in [-0.2, -0.15) is 0 Å².